The highest BCUT2D eigenvalue weighted by Crippen LogP contribution is 2.36. The molecule has 0 radical (unpaired) electrons. The average Bonchev–Trinajstić information content (AvgIpc) is 3.64. The molecule has 168 valence electrons. The van der Waals surface area contributed by atoms with Gasteiger partial charge in [0.15, 0.2) is 0 Å². The molecular formula is C26H22N6OS. The van der Waals surface area contributed by atoms with Gasteiger partial charge in [0.25, 0.3) is 0 Å². The van der Waals surface area contributed by atoms with Crippen LogP contribution in [0.1, 0.15) is 10.4 Å². The molecule has 34 heavy (non-hydrogen) atoms. The van der Waals surface area contributed by atoms with Crippen LogP contribution in [-0.2, 0) is 19.9 Å². The number of benzene rings is 2. The third-order valence-electron chi connectivity index (χ3n) is 6.18. The average molecular weight is 467 g/mol. The third-order valence-corrected chi connectivity index (χ3v) is 7.02. The Kier molecular flexibility index (Phi) is 5.07. The number of ether oxygens (including phenoxy) is 1. The summed E-state index contributed by atoms with van der Waals surface area (Å²) in [4.78, 5) is 10.2. The molecule has 0 fully saturated rings. The number of hydrogen-bond donors (Lipinski definition) is 1. The van der Waals surface area contributed by atoms with Gasteiger partial charge in [0.2, 0.25) is 0 Å². The van der Waals surface area contributed by atoms with Gasteiger partial charge in [0.1, 0.15) is 11.4 Å². The van der Waals surface area contributed by atoms with E-state index in [1.54, 1.807) is 24.6 Å². The van der Waals surface area contributed by atoms with Crippen LogP contribution >= 0.6 is 11.3 Å². The van der Waals surface area contributed by atoms with E-state index < -0.39 is 0 Å². The van der Waals surface area contributed by atoms with E-state index >= 15 is 0 Å². The van der Waals surface area contributed by atoms with Gasteiger partial charge in [-0.25, -0.2) is 0 Å². The molecule has 8 heteroatoms. The van der Waals surface area contributed by atoms with Crippen LogP contribution in [0.15, 0.2) is 66.6 Å². The Morgan fingerprint density at radius 3 is 2.62 bits per heavy atom. The normalized spacial score (nSPS) is 11.5. The first-order valence-corrected chi connectivity index (χ1v) is 11.9. The van der Waals surface area contributed by atoms with Gasteiger partial charge in [-0.1, -0.05) is 24.3 Å². The topological polar surface area (TPSA) is 81.5 Å². The second kappa shape index (κ2) is 8.39. The fourth-order valence-corrected chi connectivity index (χ4v) is 5.04. The molecule has 4 heterocycles. The summed E-state index contributed by atoms with van der Waals surface area (Å²) >= 11 is 1.68. The molecule has 6 rings (SSSR count). The molecule has 0 saturated heterocycles. The van der Waals surface area contributed by atoms with Gasteiger partial charge in [0.05, 0.1) is 35.5 Å². The van der Waals surface area contributed by atoms with Crippen LogP contribution in [0.25, 0.3) is 44.3 Å². The molecule has 6 aromatic rings. The van der Waals surface area contributed by atoms with Crippen LogP contribution in [0.5, 0.6) is 5.75 Å². The second-order valence-corrected chi connectivity index (χ2v) is 9.16. The lowest BCUT2D eigenvalue weighted by molar-refractivity contribution is 0.410. The molecule has 0 spiro atoms. The number of pyridine rings is 1. The van der Waals surface area contributed by atoms with Crippen molar-refractivity contribution in [3.63, 3.8) is 0 Å². The number of aromatic nitrogens is 6. The SMILES string of the molecule is COc1cc2ncc3c(c(-c4ccc(-c5ccn[nH]5)cc4)nn3C)c2cc1CCc1cncs1. The fourth-order valence-electron chi connectivity index (χ4n) is 4.44. The third kappa shape index (κ3) is 3.52. The second-order valence-electron chi connectivity index (χ2n) is 8.19. The van der Waals surface area contributed by atoms with Gasteiger partial charge < -0.3 is 4.74 Å². The van der Waals surface area contributed by atoms with Crippen LogP contribution < -0.4 is 4.74 Å². The predicted octanol–water partition coefficient (Wildman–Crippen LogP) is 5.43. The van der Waals surface area contributed by atoms with E-state index in [2.05, 4.69) is 45.5 Å². The van der Waals surface area contributed by atoms with E-state index in [9.17, 15) is 0 Å². The van der Waals surface area contributed by atoms with E-state index in [1.807, 2.05) is 41.8 Å². The summed E-state index contributed by atoms with van der Waals surface area (Å²) in [6, 6.07) is 14.6. The number of thiazole rings is 1. The molecule has 0 bridgehead atoms. The molecule has 0 aliphatic carbocycles. The van der Waals surface area contributed by atoms with Crippen molar-refractivity contribution in [1.29, 1.82) is 0 Å². The van der Waals surface area contributed by atoms with Crippen LogP contribution in [-0.4, -0.2) is 37.1 Å². The molecule has 1 N–H and O–H groups in total. The largest absolute Gasteiger partial charge is 0.496 e. The van der Waals surface area contributed by atoms with Gasteiger partial charge in [-0.15, -0.1) is 11.3 Å². The van der Waals surface area contributed by atoms with Gasteiger partial charge in [-0.05, 0) is 36.1 Å². The number of H-pyrrole nitrogens is 1. The Hall–Kier alpha value is -4.04. The van der Waals surface area contributed by atoms with Crippen molar-refractivity contribution in [3.05, 3.63) is 77.0 Å². The first-order valence-electron chi connectivity index (χ1n) is 11.0. The number of methoxy groups -OCH3 is 1. The molecule has 0 unspecified atom stereocenters. The van der Waals surface area contributed by atoms with Crippen molar-refractivity contribution in [1.82, 2.24) is 29.9 Å². The lowest BCUT2D eigenvalue weighted by atomic mass is 9.99. The zero-order valence-electron chi connectivity index (χ0n) is 18.8. The van der Waals surface area contributed by atoms with Crippen molar-refractivity contribution in [2.75, 3.05) is 7.11 Å². The summed E-state index contributed by atoms with van der Waals surface area (Å²) in [7, 11) is 3.68. The maximum absolute atomic E-state index is 5.72. The van der Waals surface area contributed by atoms with Gasteiger partial charge in [-0.3, -0.25) is 19.7 Å². The standard InChI is InChI=1S/C26H22N6OS/c1-32-23-14-28-22-12-24(33-2)18(7-8-19-13-27-15-34-19)11-20(22)25(23)26(31-32)17-5-3-16(4-6-17)21-9-10-29-30-21/h3-6,9-15H,7-8H2,1-2H3,(H,29,30). The summed E-state index contributed by atoms with van der Waals surface area (Å²) in [6.07, 6.45) is 7.38. The predicted molar refractivity (Wildman–Crippen MR) is 135 cm³/mol. The first kappa shape index (κ1) is 20.6. The fraction of sp³-hybridized carbons (Fsp3) is 0.154. The van der Waals surface area contributed by atoms with Gasteiger partial charge >= 0.3 is 0 Å². The Morgan fingerprint density at radius 1 is 1.03 bits per heavy atom. The van der Waals surface area contributed by atoms with E-state index in [-0.39, 0.29) is 0 Å². The van der Waals surface area contributed by atoms with Gasteiger partial charge in [-0.2, -0.15) is 10.2 Å². The Morgan fingerprint density at radius 2 is 1.88 bits per heavy atom. The smallest absolute Gasteiger partial charge is 0.124 e. The summed E-state index contributed by atoms with van der Waals surface area (Å²) in [5.41, 5.74) is 9.01. The molecule has 0 aliphatic heterocycles. The Bertz CT molecular complexity index is 1590. The molecular weight excluding hydrogens is 444 g/mol. The molecule has 7 nitrogen and oxygen atoms in total. The van der Waals surface area contributed by atoms with Gasteiger partial charge in [0, 0.05) is 46.7 Å². The van der Waals surface area contributed by atoms with Crippen molar-refractivity contribution in [3.8, 4) is 28.3 Å². The number of fused-ring (bicyclic) bond motifs is 3. The van der Waals surface area contributed by atoms with Crippen molar-refractivity contribution in [2.45, 2.75) is 12.8 Å². The number of hydrogen-bond acceptors (Lipinski definition) is 6. The maximum Gasteiger partial charge on any atom is 0.124 e. The van der Waals surface area contributed by atoms with Crippen molar-refractivity contribution < 1.29 is 4.74 Å². The quantitative estimate of drug-likeness (QED) is 0.354. The maximum atomic E-state index is 5.72. The zero-order valence-corrected chi connectivity index (χ0v) is 19.6. The van der Waals surface area contributed by atoms with Crippen LogP contribution in [0.4, 0.5) is 0 Å². The number of rotatable bonds is 6. The summed E-state index contributed by atoms with van der Waals surface area (Å²) < 4.78 is 7.63. The highest BCUT2D eigenvalue weighted by atomic mass is 32.1. The molecule has 0 aliphatic rings. The molecule has 0 atom stereocenters. The van der Waals surface area contributed by atoms with Crippen LogP contribution in [0.3, 0.4) is 0 Å². The van der Waals surface area contributed by atoms with E-state index in [4.69, 9.17) is 14.8 Å². The van der Waals surface area contributed by atoms with Crippen molar-refractivity contribution >= 4 is 33.1 Å². The highest BCUT2D eigenvalue weighted by molar-refractivity contribution is 7.09. The minimum absolute atomic E-state index is 0.859. The molecule has 0 amide bonds. The summed E-state index contributed by atoms with van der Waals surface area (Å²) in [6.45, 7) is 0. The number of nitrogens with one attached hydrogen (secondary N) is 1. The Balaban J connectivity index is 1.49. The number of aromatic amines is 1. The van der Waals surface area contributed by atoms with Crippen LogP contribution in [0, 0.1) is 0 Å². The molecule has 2 aromatic carbocycles. The minimum atomic E-state index is 0.859. The van der Waals surface area contributed by atoms with E-state index in [0.29, 0.717) is 0 Å². The zero-order chi connectivity index (χ0) is 23.1. The number of aryl methyl sites for hydroxylation is 3. The molecule has 0 saturated carbocycles. The lowest BCUT2D eigenvalue weighted by Crippen LogP contribution is -1.96. The van der Waals surface area contributed by atoms with Crippen LogP contribution in [0.2, 0.25) is 0 Å². The lowest BCUT2D eigenvalue weighted by Gasteiger charge is -2.11. The highest BCUT2D eigenvalue weighted by Gasteiger charge is 2.17. The van der Waals surface area contributed by atoms with Crippen molar-refractivity contribution in [2.24, 2.45) is 7.05 Å². The first-order chi connectivity index (χ1) is 16.7. The Labute approximate surface area is 200 Å². The van der Waals surface area contributed by atoms with E-state index in [0.717, 1.165) is 68.5 Å². The monoisotopic (exact) mass is 466 g/mol. The summed E-state index contributed by atoms with van der Waals surface area (Å²) in [5.74, 6) is 0.859. The molecule has 4 aromatic heterocycles. The minimum Gasteiger partial charge on any atom is -0.496 e. The van der Waals surface area contributed by atoms with E-state index in [1.165, 1.54) is 4.88 Å². The summed E-state index contributed by atoms with van der Waals surface area (Å²) in [5, 5.41) is 14.1. The number of nitrogens with zero attached hydrogens (tertiary/aromatic N) is 5.